The molecule has 2 aromatic rings. The lowest BCUT2D eigenvalue weighted by atomic mass is 10.0. The fourth-order valence-electron chi connectivity index (χ4n) is 2.80. The fourth-order valence-corrected chi connectivity index (χ4v) is 3.01. The zero-order valence-electron chi connectivity index (χ0n) is 17.9. The molecule has 0 fully saturated rings. The van der Waals surface area contributed by atoms with E-state index in [0.717, 1.165) is 18.7 Å². The number of benzene rings is 2. The number of hydrogen-bond donors (Lipinski definition) is 3. The van der Waals surface area contributed by atoms with E-state index in [1.807, 2.05) is 0 Å². The van der Waals surface area contributed by atoms with Crippen LogP contribution in [0.2, 0.25) is 5.02 Å². The van der Waals surface area contributed by atoms with Crippen molar-refractivity contribution < 1.29 is 31.5 Å². The number of amides is 2. The molecule has 0 aliphatic heterocycles. The molecule has 0 unspecified atom stereocenters. The monoisotopic (exact) mass is 502 g/mol. The van der Waals surface area contributed by atoms with Gasteiger partial charge >= 0.3 is 6.18 Å². The maximum absolute atomic E-state index is 13.5. The van der Waals surface area contributed by atoms with Crippen LogP contribution in [0.3, 0.4) is 0 Å². The largest absolute Gasteiger partial charge is 0.420 e. The van der Waals surface area contributed by atoms with E-state index in [1.54, 1.807) is 30.3 Å². The second kappa shape index (κ2) is 10.6. The van der Waals surface area contributed by atoms with Crippen LogP contribution in [0.5, 0.6) is 0 Å². The number of halogens is 6. The van der Waals surface area contributed by atoms with Gasteiger partial charge in [-0.1, -0.05) is 41.9 Å². The molecule has 0 aliphatic rings. The van der Waals surface area contributed by atoms with E-state index in [2.05, 4.69) is 15.6 Å². The van der Waals surface area contributed by atoms with E-state index in [9.17, 15) is 31.5 Å². The molecule has 0 saturated carbocycles. The molecular weight excluding hydrogens is 483 g/mol. The van der Waals surface area contributed by atoms with E-state index in [0.29, 0.717) is 0 Å². The summed E-state index contributed by atoms with van der Waals surface area (Å²) in [6.07, 6.45) is -5.39. The van der Waals surface area contributed by atoms with Gasteiger partial charge in [0, 0.05) is 26.2 Å². The summed E-state index contributed by atoms with van der Waals surface area (Å²) in [7, 11) is 0.825. The molecule has 12 heteroatoms. The van der Waals surface area contributed by atoms with Crippen molar-refractivity contribution in [2.24, 2.45) is 10.7 Å². The summed E-state index contributed by atoms with van der Waals surface area (Å²) in [5.41, 5.74) is 0.376. The third kappa shape index (κ3) is 6.77. The Morgan fingerprint density at radius 2 is 1.68 bits per heavy atom. The molecule has 4 N–H and O–H groups in total. The summed E-state index contributed by atoms with van der Waals surface area (Å²) in [4.78, 5) is 28.3. The minimum atomic E-state index is -5.39. The predicted molar refractivity (Wildman–Crippen MR) is 119 cm³/mol. The molecule has 0 spiro atoms. The van der Waals surface area contributed by atoms with Gasteiger partial charge in [0.2, 0.25) is 0 Å². The van der Waals surface area contributed by atoms with Gasteiger partial charge in [0.15, 0.2) is 0 Å². The van der Waals surface area contributed by atoms with Crippen LogP contribution in [0.4, 0.5) is 27.6 Å². The lowest BCUT2D eigenvalue weighted by Gasteiger charge is -2.20. The molecular formula is C22H20ClF5N4O2. The van der Waals surface area contributed by atoms with Crippen LogP contribution in [0.25, 0.3) is 0 Å². The molecule has 2 amide bonds. The number of hydrogen-bond acceptors (Lipinski definition) is 4. The molecule has 0 saturated heterocycles. The molecule has 0 radical (unpaired) electrons. The topological polar surface area (TPSA) is 96.6 Å². The maximum Gasteiger partial charge on any atom is 0.420 e. The first-order valence-electron chi connectivity index (χ1n) is 9.61. The van der Waals surface area contributed by atoms with Crippen molar-refractivity contribution in [1.82, 2.24) is 5.32 Å². The number of anilines is 1. The standard InChI is InChI=1S/C22H20ClF5N4O2/c1-21(24,25)18(29)16(22(26,27)28)17(30-2)20(34)32-13-8-9-15(23)14(10-13)19(33)31-11-12-6-4-3-5-7-12/h3-10H,11,29H2,1-2H3,(H,31,33)(H,32,34). The van der Waals surface area contributed by atoms with Crippen molar-refractivity contribution in [3.63, 3.8) is 0 Å². The second-order valence-electron chi connectivity index (χ2n) is 7.06. The van der Waals surface area contributed by atoms with E-state index in [4.69, 9.17) is 17.3 Å². The van der Waals surface area contributed by atoms with Gasteiger partial charge in [0.05, 0.1) is 16.3 Å². The van der Waals surface area contributed by atoms with Crippen molar-refractivity contribution in [1.29, 1.82) is 0 Å². The number of rotatable bonds is 7. The summed E-state index contributed by atoms with van der Waals surface area (Å²) in [5.74, 6) is -6.13. The minimum Gasteiger partial charge on any atom is -0.397 e. The maximum atomic E-state index is 13.5. The zero-order valence-corrected chi connectivity index (χ0v) is 18.7. The smallest absolute Gasteiger partial charge is 0.397 e. The van der Waals surface area contributed by atoms with Crippen LogP contribution in [-0.4, -0.2) is 36.7 Å². The van der Waals surface area contributed by atoms with Gasteiger partial charge in [0.1, 0.15) is 11.3 Å². The van der Waals surface area contributed by atoms with Gasteiger partial charge in [-0.2, -0.15) is 13.2 Å². The Morgan fingerprint density at radius 3 is 2.21 bits per heavy atom. The molecule has 0 atom stereocenters. The Kier molecular flexibility index (Phi) is 8.38. The lowest BCUT2D eigenvalue weighted by molar-refractivity contribution is -0.112. The minimum absolute atomic E-state index is 0.0127. The third-order valence-corrected chi connectivity index (χ3v) is 4.80. The van der Waals surface area contributed by atoms with Gasteiger partial charge in [-0.25, -0.2) is 8.78 Å². The lowest BCUT2D eigenvalue weighted by Crippen LogP contribution is -2.37. The number of nitrogens with one attached hydrogen (secondary N) is 2. The van der Waals surface area contributed by atoms with Crippen LogP contribution < -0.4 is 16.4 Å². The van der Waals surface area contributed by atoms with Gasteiger partial charge in [0.25, 0.3) is 17.7 Å². The molecule has 2 rings (SSSR count). The average Bonchev–Trinajstić information content (AvgIpc) is 2.75. The van der Waals surface area contributed by atoms with Gasteiger partial charge in [-0.05, 0) is 23.8 Å². The van der Waals surface area contributed by atoms with Crippen molar-refractivity contribution >= 4 is 34.8 Å². The van der Waals surface area contributed by atoms with E-state index in [-0.39, 0.29) is 29.7 Å². The molecule has 182 valence electrons. The second-order valence-corrected chi connectivity index (χ2v) is 7.47. The average molecular weight is 503 g/mol. The van der Waals surface area contributed by atoms with Gasteiger partial charge in [-0.3, -0.25) is 14.6 Å². The number of carbonyl (C=O) groups is 2. The summed E-state index contributed by atoms with van der Waals surface area (Å²) in [6.45, 7) is 0.336. The van der Waals surface area contributed by atoms with E-state index in [1.165, 1.54) is 12.1 Å². The molecule has 0 aromatic heterocycles. The Bertz CT molecular complexity index is 1130. The highest BCUT2D eigenvalue weighted by atomic mass is 35.5. The quantitative estimate of drug-likeness (QED) is 0.378. The molecule has 0 bridgehead atoms. The first-order valence-corrected chi connectivity index (χ1v) is 9.99. The van der Waals surface area contributed by atoms with Crippen LogP contribution in [0, 0.1) is 0 Å². The number of nitrogens with two attached hydrogens (primary N) is 1. The number of aliphatic imine (C=N–C) groups is 1. The number of allylic oxidation sites excluding steroid dienone is 1. The summed E-state index contributed by atoms with van der Waals surface area (Å²) >= 11 is 6.05. The van der Waals surface area contributed by atoms with Gasteiger partial charge in [-0.15, -0.1) is 0 Å². The first-order chi connectivity index (χ1) is 15.8. The Labute approximate surface area is 196 Å². The van der Waals surface area contributed by atoms with E-state index < -0.39 is 40.9 Å². The summed E-state index contributed by atoms with van der Waals surface area (Å²) in [6, 6.07) is 12.5. The van der Waals surface area contributed by atoms with Gasteiger partial charge < -0.3 is 16.4 Å². The molecule has 0 heterocycles. The summed E-state index contributed by atoms with van der Waals surface area (Å²) < 4.78 is 67.5. The highest BCUT2D eigenvalue weighted by Crippen LogP contribution is 2.34. The first kappa shape index (κ1) is 26.8. The predicted octanol–water partition coefficient (Wildman–Crippen LogP) is 4.71. The highest BCUT2D eigenvalue weighted by Gasteiger charge is 2.46. The third-order valence-electron chi connectivity index (χ3n) is 4.47. The Balaban J connectivity index is 2.30. The van der Waals surface area contributed by atoms with Crippen LogP contribution >= 0.6 is 11.6 Å². The van der Waals surface area contributed by atoms with Crippen molar-refractivity contribution in [2.45, 2.75) is 25.6 Å². The normalized spacial score (nSPS) is 13.2. The number of carbonyl (C=O) groups excluding carboxylic acids is 2. The zero-order chi connectivity index (χ0) is 25.7. The van der Waals surface area contributed by atoms with Crippen molar-refractivity contribution in [3.8, 4) is 0 Å². The highest BCUT2D eigenvalue weighted by molar-refractivity contribution is 6.49. The number of nitrogens with zero attached hydrogens (tertiary/aromatic N) is 1. The summed E-state index contributed by atoms with van der Waals surface area (Å²) in [5, 5.41) is 4.74. The fraction of sp³-hybridized carbons (Fsp3) is 0.227. The Hall–Kier alpha value is -3.47. The number of alkyl halides is 5. The molecule has 34 heavy (non-hydrogen) atoms. The molecule has 6 nitrogen and oxygen atoms in total. The molecule has 2 aromatic carbocycles. The van der Waals surface area contributed by atoms with Crippen LogP contribution in [-0.2, 0) is 11.3 Å². The molecule has 0 aliphatic carbocycles. The van der Waals surface area contributed by atoms with Crippen LogP contribution in [0.1, 0.15) is 22.8 Å². The van der Waals surface area contributed by atoms with Crippen LogP contribution in [0.15, 0.2) is 64.8 Å². The van der Waals surface area contributed by atoms with Crippen molar-refractivity contribution in [3.05, 3.63) is 76.0 Å². The Morgan fingerprint density at radius 1 is 1.06 bits per heavy atom. The SMILES string of the molecule is CN=C(C(=O)Nc1ccc(Cl)c(C(=O)NCc2ccccc2)c1)C(=C(N)C(C)(F)F)C(F)(F)F. The van der Waals surface area contributed by atoms with Crippen molar-refractivity contribution in [2.75, 3.05) is 12.4 Å². The van der Waals surface area contributed by atoms with E-state index >= 15 is 0 Å².